The Balaban J connectivity index is 1.93. The Hall–Kier alpha value is -1.97. The Kier molecular flexibility index (Phi) is 2.70. The highest BCUT2D eigenvalue weighted by Gasteiger charge is 2.25. The summed E-state index contributed by atoms with van der Waals surface area (Å²) < 4.78 is 7.36. The molecule has 1 aliphatic rings. The zero-order chi connectivity index (χ0) is 12.5. The van der Waals surface area contributed by atoms with Gasteiger partial charge in [-0.05, 0) is 31.9 Å². The zero-order valence-electron chi connectivity index (χ0n) is 10.5. The fourth-order valence-electron chi connectivity index (χ4n) is 2.07. The van der Waals surface area contributed by atoms with Crippen LogP contribution in [0, 0.1) is 0 Å². The molecule has 0 unspecified atom stereocenters. The van der Waals surface area contributed by atoms with Crippen molar-refractivity contribution < 1.29 is 4.74 Å². The molecule has 1 saturated carbocycles. The second kappa shape index (κ2) is 4.37. The summed E-state index contributed by atoms with van der Waals surface area (Å²) in [6, 6.07) is 7.79. The van der Waals surface area contributed by atoms with E-state index in [0.717, 1.165) is 11.4 Å². The quantitative estimate of drug-likeness (QED) is 0.840. The van der Waals surface area contributed by atoms with Gasteiger partial charge in [-0.1, -0.05) is 0 Å². The number of benzene rings is 1. The lowest BCUT2D eigenvalue weighted by atomic mass is 10.2. The Morgan fingerprint density at radius 3 is 2.94 bits per heavy atom. The van der Waals surface area contributed by atoms with E-state index in [-0.39, 0.29) is 0 Å². The molecule has 3 rings (SSSR count). The van der Waals surface area contributed by atoms with Crippen LogP contribution in [0.25, 0.3) is 5.69 Å². The Morgan fingerprint density at radius 1 is 1.39 bits per heavy atom. The molecule has 94 valence electrons. The van der Waals surface area contributed by atoms with Crippen LogP contribution in [0.5, 0.6) is 5.75 Å². The zero-order valence-corrected chi connectivity index (χ0v) is 10.5. The van der Waals surface area contributed by atoms with Crippen LogP contribution in [-0.2, 0) is 0 Å². The van der Waals surface area contributed by atoms with Crippen molar-refractivity contribution in [3.8, 4) is 11.4 Å². The SMILES string of the molecule is CCOc1cc(N)cc(-n2ccc(C3CC3)n2)c1. The molecule has 1 heterocycles. The fraction of sp³-hybridized carbons (Fsp3) is 0.357. The lowest BCUT2D eigenvalue weighted by Gasteiger charge is -2.08. The monoisotopic (exact) mass is 243 g/mol. The molecular weight excluding hydrogens is 226 g/mol. The highest BCUT2D eigenvalue weighted by molar-refractivity contribution is 5.53. The van der Waals surface area contributed by atoms with E-state index in [9.17, 15) is 0 Å². The third-order valence-corrected chi connectivity index (χ3v) is 3.09. The van der Waals surface area contributed by atoms with Gasteiger partial charge in [0.15, 0.2) is 0 Å². The molecule has 4 heteroatoms. The first-order valence-electron chi connectivity index (χ1n) is 6.35. The van der Waals surface area contributed by atoms with Crippen LogP contribution in [0.1, 0.15) is 31.4 Å². The third-order valence-electron chi connectivity index (χ3n) is 3.09. The van der Waals surface area contributed by atoms with Crippen LogP contribution in [0.3, 0.4) is 0 Å². The molecule has 0 atom stereocenters. The minimum Gasteiger partial charge on any atom is -0.494 e. The largest absolute Gasteiger partial charge is 0.494 e. The number of rotatable bonds is 4. The lowest BCUT2D eigenvalue weighted by molar-refractivity contribution is 0.340. The minimum absolute atomic E-state index is 0.634. The van der Waals surface area contributed by atoms with E-state index in [1.54, 1.807) is 0 Å². The number of hydrogen-bond acceptors (Lipinski definition) is 3. The van der Waals surface area contributed by atoms with Gasteiger partial charge in [0, 0.05) is 29.9 Å². The first-order chi connectivity index (χ1) is 8.76. The molecule has 1 fully saturated rings. The van der Waals surface area contributed by atoms with Gasteiger partial charge in [0.25, 0.3) is 0 Å². The highest BCUT2D eigenvalue weighted by Crippen LogP contribution is 2.39. The summed E-state index contributed by atoms with van der Waals surface area (Å²) in [5.41, 5.74) is 8.70. The van der Waals surface area contributed by atoms with Gasteiger partial charge in [0.05, 0.1) is 18.0 Å². The maximum Gasteiger partial charge on any atom is 0.123 e. The summed E-state index contributed by atoms with van der Waals surface area (Å²) in [6.45, 7) is 2.59. The topological polar surface area (TPSA) is 53.1 Å². The van der Waals surface area contributed by atoms with Crippen molar-refractivity contribution >= 4 is 5.69 Å². The van der Waals surface area contributed by atoms with Gasteiger partial charge in [0.1, 0.15) is 5.75 Å². The first kappa shape index (κ1) is 11.1. The normalized spacial score (nSPS) is 14.7. The average molecular weight is 243 g/mol. The average Bonchev–Trinajstić information content (AvgIpc) is 3.07. The summed E-state index contributed by atoms with van der Waals surface area (Å²) in [4.78, 5) is 0. The molecule has 1 aromatic carbocycles. The van der Waals surface area contributed by atoms with Crippen LogP contribution < -0.4 is 10.5 Å². The fourth-order valence-corrected chi connectivity index (χ4v) is 2.07. The van der Waals surface area contributed by atoms with Gasteiger partial charge < -0.3 is 10.5 Å². The predicted molar refractivity (Wildman–Crippen MR) is 71.1 cm³/mol. The minimum atomic E-state index is 0.634. The van der Waals surface area contributed by atoms with E-state index in [2.05, 4.69) is 11.2 Å². The summed E-state index contributed by atoms with van der Waals surface area (Å²) in [5.74, 6) is 1.45. The van der Waals surface area contributed by atoms with Crippen molar-refractivity contribution in [3.05, 3.63) is 36.2 Å². The third kappa shape index (κ3) is 2.18. The molecule has 0 aliphatic heterocycles. The molecule has 0 radical (unpaired) electrons. The lowest BCUT2D eigenvalue weighted by Crippen LogP contribution is -2.00. The van der Waals surface area contributed by atoms with Crippen LogP contribution >= 0.6 is 0 Å². The van der Waals surface area contributed by atoms with Crippen molar-refractivity contribution in [3.63, 3.8) is 0 Å². The predicted octanol–water partition coefficient (Wildman–Crippen LogP) is 2.73. The van der Waals surface area contributed by atoms with Crippen molar-refractivity contribution in [2.45, 2.75) is 25.7 Å². The van der Waals surface area contributed by atoms with Crippen LogP contribution in [-0.4, -0.2) is 16.4 Å². The summed E-state index contributed by atoms with van der Waals surface area (Å²) in [6.07, 6.45) is 4.51. The molecule has 0 spiro atoms. The second-order valence-electron chi connectivity index (χ2n) is 4.65. The standard InChI is InChI=1S/C14H17N3O/c1-2-18-13-8-11(15)7-12(9-13)17-6-5-14(16-17)10-3-4-10/h5-10H,2-4,15H2,1H3. The molecule has 1 aromatic heterocycles. The number of aromatic nitrogens is 2. The number of hydrogen-bond donors (Lipinski definition) is 1. The van der Waals surface area contributed by atoms with E-state index in [0.29, 0.717) is 18.2 Å². The van der Waals surface area contributed by atoms with E-state index in [4.69, 9.17) is 10.5 Å². The molecule has 0 amide bonds. The molecule has 0 bridgehead atoms. The van der Waals surface area contributed by atoms with E-state index in [1.807, 2.05) is 36.0 Å². The molecule has 4 nitrogen and oxygen atoms in total. The molecule has 1 aliphatic carbocycles. The molecule has 18 heavy (non-hydrogen) atoms. The Bertz CT molecular complexity index is 558. The van der Waals surface area contributed by atoms with Crippen LogP contribution in [0.2, 0.25) is 0 Å². The van der Waals surface area contributed by atoms with Gasteiger partial charge in [-0.25, -0.2) is 4.68 Å². The van der Waals surface area contributed by atoms with Gasteiger partial charge in [-0.15, -0.1) is 0 Å². The van der Waals surface area contributed by atoms with Crippen molar-refractivity contribution in [1.29, 1.82) is 0 Å². The Morgan fingerprint density at radius 2 is 2.22 bits per heavy atom. The van der Waals surface area contributed by atoms with Crippen molar-refractivity contribution in [2.24, 2.45) is 0 Å². The molecule has 0 saturated heterocycles. The van der Waals surface area contributed by atoms with Gasteiger partial charge in [-0.2, -0.15) is 5.10 Å². The Labute approximate surface area is 106 Å². The molecule has 2 N–H and O–H groups in total. The highest BCUT2D eigenvalue weighted by atomic mass is 16.5. The molecular formula is C14H17N3O. The first-order valence-corrected chi connectivity index (χ1v) is 6.35. The van der Waals surface area contributed by atoms with Crippen molar-refractivity contribution in [2.75, 3.05) is 12.3 Å². The van der Waals surface area contributed by atoms with Gasteiger partial charge in [0.2, 0.25) is 0 Å². The number of nitrogens with two attached hydrogens (primary N) is 1. The van der Waals surface area contributed by atoms with Gasteiger partial charge in [-0.3, -0.25) is 0 Å². The van der Waals surface area contributed by atoms with E-state index >= 15 is 0 Å². The number of anilines is 1. The smallest absolute Gasteiger partial charge is 0.123 e. The van der Waals surface area contributed by atoms with Crippen LogP contribution in [0.4, 0.5) is 5.69 Å². The van der Waals surface area contributed by atoms with E-state index in [1.165, 1.54) is 18.5 Å². The molecule has 2 aromatic rings. The number of ether oxygens (including phenoxy) is 1. The van der Waals surface area contributed by atoms with Crippen LogP contribution in [0.15, 0.2) is 30.5 Å². The summed E-state index contributed by atoms with van der Waals surface area (Å²) in [5, 5.41) is 4.59. The maximum absolute atomic E-state index is 5.88. The number of nitrogens with zero attached hydrogens (tertiary/aromatic N) is 2. The van der Waals surface area contributed by atoms with Crippen molar-refractivity contribution in [1.82, 2.24) is 9.78 Å². The summed E-state index contributed by atoms with van der Waals surface area (Å²) >= 11 is 0. The maximum atomic E-state index is 5.88. The second-order valence-corrected chi connectivity index (χ2v) is 4.65. The number of nitrogen functional groups attached to an aromatic ring is 1. The van der Waals surface area contributed by atoms with Gasteiger partial charge >= 0.3 is 0 Å². The van der Waals surface area contributed by atoms with E-state index < -0.39 is 0 Å². The summed E-state index contributed by atoms with van der Waals surface area (Å²) in [7, 11) is 0.